The summed E-state index contributed by atoms with van der Waals surface area (Å²) in [5.74, 6) is 0.0689. The first kappa shape index (κ1) is 27.7. The van der Waals surface area contributed by atoms with Gasteiger partial charge in [-0.1, -0.05) is 59.6 Å². The molecule has 3 aromatic carbocycles. The van der Waals surface area contributed by atoms with E-state index >= 15 is 0 Å². The van der Waals surface area contributed by atoms with Crippen LogP contribution in [0.1, 0.15) is 16.1 Å². The number of esters is 1. The van der Waals surface area contributed by atoms with Gasteiger partial charge in [0.2, 0.25) is 0 Å². The van der Waals surface area contributed by atoms with Crippen LogP contribution in [0, 0.1) is 0 Å². The number of anilines is 1. The first-order valence-corrected chi connectivity index (χ1v) is 13.0. The van der Waals surface area contributed by atoms with Crippen LogP contribution in [0.3, 0.4) is 0 Å². The van der Waals surface area contributed by atoms with E-state index in [4.69, 9.17) is 32.7 Å². The maximum Gasteiger partial charge on any atom is 0.357 e. The Morgan fingerprint density at radius 3 is 2.39 bits per heavy atom. The van der Waals surface area contributed by atoms with Gasteiger partial charge in [0.1, 0.15) is 19.0 Å². The second-order valence-electron chi connectivity index (χ2n) is 8.89. The van der Waals surface area contributed by atoms with Crippen LogP contribution in [-0.2, 0) is 11.3 Å². The van der Waals surface area contributed by atoms with Crippen LogP contribution in [0.15, 0.2) is 78.9 Å². The molecule has 1 aliphatic heterocycles. The van der Waals surface area contributed by atoms with Crippen molar-refractivity contribution in [3.63, 3.8) is 0 Å². The van der Waals surface area contributed by atoms with E-state index in [1.165, 1.54) is 0 Å². The minimum atomic E-state index is -0.473. The van der Waals surface area contributed by atoms with E-state index in [1.807, 2.05) is 48.5 Å². The van der Waals surface area contributed by atoms with Gasteiger partial charge in [-0.15, -0.1) is 0 Å². The zero-order valence-corrected chi connectivity index (χ0v) is 22.3. The highest BCUT2D eigenvalue weighted by Gasteiger charge is 2.19. The molecule has 198 valence electrons. The zero-order chi connectivity index (χ0) is 25.6. The van der Waals surface area contributed by atoms with Crippen LogP contribution in [0.4, 0.5) is 5.69 Å². The highest BCUT2D eigenvalue weighted by atomic mass is 35.5. The van der Waals surface area contributed by atoms with Crippen LogP contribution in [0.2, 0.25) is 10.0 Å². The lowest BCUT2D eigenvalue weighted by molar-refractivity contribution is 0.0452. The number of piperazine rings is 1. The van der Waals surface area contributed by atoms with Crippen LogP contribution >= 0.6 is 23.2 Å². The molecule has 7 nitrogen and oxygen atoms in total. The van der Waals surface area contributed by atoms with Crippen molar-refractivity contribution in [2.75, 3.05) is 44.2 Å². The van der Waals surface area contributed by atoms with E-state index < -0.39 is 5.97 Å². The van der Waals surface area contributed by atoms with Gasteiger partial charge in [-0.05, 0) is 42.0 Å². The standard InChI is InChI=1S/C29H27Cl2N3O3.H2O/c30-22-7-4-8-24(17-22)34-13-11-33(12-14-34)15-16-36-29(35)27-19-28(37-20-21-5-2-1-3-6-21)25-18-23(31)9-10-26(25)32-27;/h1-10,17-19H,11-16,20H2;1H2. The Kier molecular flexibility index (Phi) is 9.42. The molecule has 0 spiro atoms. The molecule has 0 amide bonds. The van der Waals surface area contributed by atoms with Gasteiger partial charge in [-0.3, -0.25) is 4.90 Å². The number of pyridine rings is 1. The summed E-state index contributed by atoms with van der Waals surface area (Å²) in [7, 11) is 0. The molecule has 0 atom stereocenters. The number of halogens is 2. The average Bonchev–Trinajstić information content (AvgIpc) is 2.92. The molecule has 1 aliphatic rings. The van der Waals surface area contributed by atoms with E-state index in [1.54, 1.807) is 24.3 Å². The van der Waals surface area contributed by atoms with Gasteiger partial charge in [0, 0.05) is 59.9 Å². The van der Waals surface area contributed by atoms with Crippen LogP contribution in [0.5, 0.6) is 5.75 Å². The molecule has 5 rings (SSSR count). The van der Waals surface area contributed by atoms with Crippen molar-refractivity contribution >= 4 is 45.8 Å². The van der Waals surface area contributed by atoms with Gasteiger partial charge >= 0.3 is 5.97 Å². The van der Waals surface area contributed by atoms with Gasteiger partial charge < -0.3 is 19.8 Å². The minimum absolute atomic E-state index is 0. The molecule has 4 aromatic rings. The number of ether oxygens (including phenoxy) is 2. The molecule has 2 N–H and O–H groups in total. The van der Waals surface area contributed by atoms with Crippen molar-refractivity contribution in [1.82, 2.24) is 9.88 Å². The Balaban J connectivity index is 0.00000336. The molecule has 1 fully saturated rings. The van der Waals surface area contributed by atoms with Crippen LogP contribution in [0.25, 0.3) is 10.9 Å². The first-order chi connectivity index (χ1) is 18.0. The quantitative estimate of drug-likeness (QED) is 0.276. The summed E-state index contributed by atoms with van der Waals surface area (Å²) < 4.78 is 11.7. The highest BCUT2D eigenvalue weighted by Crippen LogP contribution is 2.29. The number of carbonyl (C=O) groups excluding carboxylic acids is 1. The van der Waals surface area contributed by atoms with Crippen molar-refractivity contribution in [2.45, 2.75) is 6.61 Å². The number of hydrogen-bond acceptors (Lipinski definition) is 6. The predicted molar refractivity (Wildman–Crippen MR) is 152 cm³/mol. The number of hydrogen-bond donors (Lipinski definition) is 0. The summed E-state index contributed by atoms with van der Waals surface area (Å²) in [5.41, 5.74) is 2.99. The summed E-state index contributed by atoms with van der Waals surface area (Å²) in [6, 6.07) is 24.7. The van der Waals surface area contributed by atoms with Crippen LogP contribution < -0.4 is 9.64 Å². The molecule has 9 heteroatoms. The minimum Gasteiger partial charge on any atom is -0.488 e. The fourth-order valence-corrected chi connectivity index (χ4v) is 4.73. The van der Waals surface area contributed by atoms with Gasteiger partial charge in [0.25, 0.3) is 0 Å². The summed E-state index contributed by atoms with van der Waals surface area (Å²) >= 11 is 12.3. The lowest BCUT2D eigenvalue weighted by Crippen LogP contribution is -2.47. The monoisotopic (exact) mass is 553 g/mol. The Bertz CT molecular complexity index is 1380. The molecule has 1 saturated heterocycles. The summed E-state index contributed by atoms with van der Waals surface area (Å²) in [4.78, 5) is 22.0. The van der Waals surface area contributed by atoms with Crippen molar-refractivity contribution in [3.8, 4) is 5.75 Å². The Morgan fingerprint density at radius 2 is 1.63 bits per heavy atom. The van der Waals surface area contributed by atoms with Crippen molar-refractivity contribution in [2.24, 2.45) is 0 Å². The molecule has 38 heavy (non-hydrogen) atoms. The molecule has 1 aromatic heterocycles. The van der Waals surface area contributed by atoms with E-state index in [9.17, 15) is 4.79 Å². The third kappa shape index (κ3) is 6.94. The number of rotatable bonds is 8. The topological polar surface area (TPSA) is 86.4 Å². The lowest BCUT2D eigenvalue weighted by atomic mass is 10.1. The van der Waals surface area contributed by atoms with Crippen molar-refractivity contribution in [1.29, 1.82) is 0 Å². The molecule has 0 unspecified atom stereocenters. The van der Waals surface area contributed by atoms with Gasteiger partial charge in [-0.2, -0.15) is 0 Å². The van der Waals surface area contributed by atoms with E-state index in [0.717, 1.165) is 47.8 Å². The fraction of sp³-hybridized carbons (Fsp3) is 0.241. The SMILES string of the molecule is O.O=C(OCCN1CCN(c2cccc(Cl)c2)CC1)c1cc(OCc2ccccc2)c2cc(Cl)ccc2n1. The largest absolute Gasteiger partial charge is 0.488 e. The number of benzene rings is 3. The smallest absolute Gasteiger partial charge is 0.357 e. The second-order valence-corrected chi connectivity index (χ2v) is 9.76. The Morgan fingerprint density at radius 1 is 0.868 bits per heavy atom. The molecule has 0 bridgehead atoms. The molecular formula is C29H29Cl2N3O4. The van der Waals surface area contributed by atoms with Crippen molar-refractivity contribution < 1.29 is 19.7 Å². The number of nitrogens with zero attached hydrogens (tertiary/aromatic N) is 3. The average molecular weight is 554 g/mol. The molecular weight excluding hydrogens is 525 g/mol. The molecule has 2 heterocycles. The third-order valence-corrected chi connectivity index (χ3v) is 6.84. The predicted octanol–water partition coefficient (Wildman–Crippen LogP) is 5.27. The Labute approximate surface area is 231 Å². The maximum atomic E-state index is 12.9. The number of carbonyl (C=O) groups is 1. The molecule has 0 radical (unpaired) electrons. The first-order valence-electron chi connectivity index (χ1n) is 12.2. The van der Waals surface area contributed by atoms with E-state index in [2.05, 4.69) is 20.9 Å². The highest BCUT2D eigenvalue weighted by molar-refractivity contribution is 6.31. The van der Waals surface area contributed by atoms with E-state index in [-0.39, 0.29) is 17.8 Å². The summed E-state index contributed by atoms with van der Waals surface area (Å²) in [6.45, 7) is 4.87. The summed E-state index contributed by atoms with van der Waals surface area (Å²) in [6.07, 6.45) is 0. The number of aromatic nitrogens is 1. The Hall–Kier alpha value is -3.36. The lowest BCUT2D eigenvalue weighted by Gasteiger charge is -2.36. The van der Waals surface area contributed by atoms with Gasteiger partial charge in [-0.25, -0.2) is 9.78 Å². The molecule has 0 saturated carbocycles. The second kappa shape index (κ2) is 12.9. The fourth-order valence-electron chi connectivity index (χ4n) is 4.37. The summed E-state index contributed by atoms with van der Waals surface area (Å²) in [5, 5.41) is 2.06. The normalized spacial score (nSPS) is 13.7. The van der Waals surface area contributed by atoms with Gasteiger partial charge in [0.15, 0.2) is 5.69 Å². The van der Waals surface area contributed by atoms with Crippen LogP contribution in [-0.4, -0.2) is 60.7 Å². The number of fused-ring (bicyclic) bond motifs is 1. The zero-order valence-electron chi connectivity index (χ0n) is 20.8. The maximum absolute atomic E-state index is 12.9. The molecule has 0 aliphatic carbocycles. The van der Waals surface area contributed by atoms with Crippen molar-refractivity contribution in [3.05, 3.63) is 100 Å². The third-order valence-electron chi connectivity index (χ3n) is 6.37. The van der Waals surface area contributed by atoms with Gasteiger partial charge in [0.05, 0.1) is 5.52 Å². The van der Waals surface area contributed by atoms with E-state index in [0.29, 0.717) is 29.4 Å².